The summed E-state index contributed by atoms with van der Waals surface area (Å²) >= 11 is 1.37. The van der Waals surface area contributed by atoms with E-state index in [0.717, 1.165) is 11.3 Å². The zero-order valence-corrected chi connectivity index (χ0v) is 13.1. The monoisotopic (exact) mass is 332 g/mol. The van der Waals surface area contributed by atoms with Crippen LogP contribution in [0, 0.1) is 0 Å². The molecule has 5 nitrogen and oxygen atoms in total. The largest absolute Gasteiger partial charge is 0.478 e. The van der Waals surface area contributed by atoms with Crippen LogP contribution in [0.25, 0.3) is 0 Å². The van der Waals surface area contributed by atoms with Crippen molar-refractivity contribution in [2.75, 3.05) is 13.4 Å². The van der Waals surface area contributed by atoms with Crippen LogP contribution in [0.2, 0.25) is 0 Å². The van der Waals surface area contributed by atoms with Crippen LogP contribution in [0.4, 0.5) is 0 Å². The number of benzene rings is 2. The molecule has 0 bridgehead atoms. The van der Waals surface area contributed by atoms with E-state index >= 15 is 0 Å². The van der Waals surface area contributed by atoms with Crippen molar-refractivity contribution in [1.82, 2.24) is 0 Å². The van der Waals surface area contributed by atoms with Crippen molar-refractivity contribution in [3.8, 4) is 11.5 Å². The highest BCUT2D eigenvalue weighted by molar-refractivity contribution is 8.00. The molecule has 1 atom stereocenters. The molecule has 1 heterocycles. The molecule has 3 rings (SSSR count). The summed E-state index contributed by atoms with van der Waals surface area (Å²) in [7, 11) is 0. The van der Waals surface area contributed by atoms with Gasteiger partial charge in [-0.05, 0) is 36.2 Å². The highest BCUT2D eigenvalue weighted by atomic mass is 32.2. The lowest BCUT2D eigenvalue weighted by Gasteiger charge is -2.15. The minimum Gasteiger partial charge on any atom is -0.478 e. The first kappa shape index (κ1) is 15.7. The number of aliphatic hydroxyl groups is 1. The molecule has 2 aromatic carbocycles. The van der Waals surface area contributed by atoms with E-state index in [1.807, 2.05) is 18.2 Å². The number of aliphatic hydroxyl groups excluding tert-OH is 1. The van der Waals surface area contributed by atoms with Gasteiger partial charge in [-0.25, -0.2) is 4.79 Å². The summed E-state index contributed by atoms with van der Waals surface area (Å²) in [5.41, 5.74) is 1.26. The van der Waals surface area contributed by atoms with E-state index in [4.69, 9.17) is 9.47 Å². The fraction of sp³-hybridized carbons (Fsp3) is 0.235. The Labute approximate surface area is 137 Å². The third-order valence-corrected chi connectivity index (χ3v) is 4.77. The second-order valence-corrected chi connectivity index (χ2v) is 6.46. The molecule has 1 unspecified atom stereocenters. The minimum atomic E-state index is -0.965. The van der Waals surface area contributed by atoms with Crippen molar-refractivity contribution < 1.29 is 24.5 Å². The first-order valence-electron chi connectivity index (χ1n) is 7.15. The van der Waals surface area contributed by atoms with E-state index in [9.17, 15) is 15.0 Å². The fourth-order valence-electron chi connectivity index (χ4n) is 2.40. The van der Waals surface area contributed by atoms with Crippen molar-refractivity contribution in [2.45, 2.75) is 16.6 Å². The number of carbonyl (C=O) groups is 1. The predicted octanol–water partition coefficient (Wildman–Crippen LogP) is 2.81. The van der Waals surface area contributed by atoms with Gasteiger partial charge in [0.15, 0.2) is 11.5 Å². The molecule has 2 N–H and O–H groups in total. The Morgan fingerprint density at radius 1 is 1.17 bits per heavy atom. The average molecular weight is 332 g/mol. The van der Waals surface area contributed by atoms with Crippen molar-refractivity contribution in [2.24, 2.45) is 0 Å². The number of fused-ring (bicyclic) bond motifs is 1. The van der Waals surface area contributed by atoms with Gasteiger partial charge in [0.2, 0.25) is 6.79 Å². The van der Waals surface area contributed by atoms with E-state index in [-0.39, 0.29) is 24.2 Å². The molecule has 0 aliphatic carbocycles. The van der Waals surface area contributed by atoms with E-state index in [0.29, 0.717) is 17.1 Å². The topological polar surface area (TPSA) is 76.0 Å². The summed E-state index contributed by atoms with van der Waals surface area (Å²) in [6.07, 6.45) is 0.603. The van der Waals surface area contributed by atoms with Crippen molar-refractivity contribution in [3.63, 3.8) is 0 Å². The molecule has 0 saturated heterocycles. The van der Waals surface area contributed by atoms with Crippen LogP contribution in [0.5, 0.6) is 11.5 Å². The molecule has 1 aliphatic heterocycles. The third-order valence-electron chi connectivity index (χ3n) is 3.52. The van der Waals surface area contributed by atoms with Crippen LogP contribution < -0.4 is 9.47 Å². The summed E-state index contributed by atoms with van der Waals surface area (Å²) in [6, 6.07) is 12.5. The number of aromatic carboxylic acids is 1. The smallest absolute Gasteiger partial charge is 0.336 e. The van der Waals surface area contributed by atoms with E-state index in [2.05, 4.69) is 0 Å². The molecule has 1 aliphatic rings. The fourth-order valence-corrected chi connectivity index (χ4v) is 3.55. The lowest BCUT2D eigenvalue weighted by atomic mass is 10.1. The van der Waals surface area contributed by atoms with Gasteiger partial charge in [-0.1, -0.05) is 18.2 Å². The van der Waals surface area contributed by atoms with Crippen LogP contribution in [-0.4, -0.2) is 34.8 Å². The Hall–Kier alpha value is -2.18. The maximum atomic E-state index is 11.3. The summed E-state index contributed by atoms with van der Waals surface area (Å²) in [4.78, 5) is 11.9. The maximum Gasteiger partial charge on any atom is 0.336 e. The first-order valence-corrected chi connectivity index (χ1v) is 8.03. The van der Waals surface area contributed by atoms with Gasteiger partial charge in [0, 0.05) is 10.1 Å². The van der Waals surface area contributed by atoms with Gasteiger partial charge in [0.1, 0.15) is 0 Å². The molecule has 0 spiro atoms. The summed E-state index contributed by atoms with van der Waals surface area (Å²) in [6.45, 7) is 0.177. The van der Waals surface area contributed by atoms with Gasteiger partial charge in [-0.2, -0.15) is 0 Å². The molecule has 0 fully saturated rings. The van der Waals surface area contributed by atoms with Crippen LogP contribution in [-0.2, 0) is 6.42 Å². The van der Waals surface area contributed by atoms with Gasteiger partial charge >= 0.3 is 5.97 Å². The molecule has 0 radical (unpaired) electrons. The number of thioether (sulfide) groups is 1. The molecule has 0 aromatic heterocycles. The van der Waals surface area contributed by atoms with Crippen LogP contribution in [0.1, 0.15) is 15.9 Å². The highest BCUT2D eigenvalue weighted by Gasteiger charge is 2.18. The zero-order valence-electron chi connectivity index (χ0n) is 12.3. The number of hydrogen-bond donors (Lipinski definition) is 2. The van der Waals surface area contributed by atoms with Crippen LogP contribution in [0.15, 0.2) is 47.4 Å². The number of carboxylic acids is 1. The quantitative estimate of drug-likeness (QED) is 0.792. The number of rotatable bonds is 6. The SMILES string of the molecule is O=C(O)c1ccccc1SC(CO)Cc1ccc2c(c1)OCO2. The van der Waals surface area contributed by atoms with E-state index in [1.165, 1.54) is 11.8 Å². The molecule has 23 heavy (non-hydrogen) atoms. The van der Waals surface area contributed by atoms with Crippen molar-refractivity contribution in [1.29, 1.82) is 0 Å². The van der Waals surface area contributed by atoms with E-state index < -0.39 is 5.97 Å². The number of ether oxygens (including phenoxy) is 2. The lowest BCUT2D eigenvalue weighted by Crippen LogP contribution is -2.13. The Bertz CT molecular complexity index is 716. The number of carboxylic acid groups (broad SMARTS) is 1. The van der Waals surface area contributed by atoms with Crippen LogP contribution >= 0.6 is 11.8 Å². The highest BCUT2D eigenvalue weighted by Crippen LogP contribution is 2.34. The Morgan fingerprint density at radius 3 is 2.74 bits per heavy atom. The second-order valence-electron chi connectivity index (χ2n) is 5.12. The number of hydrogen-bond acceptors (Lipinski definition) is 5. The van der Waals surface area contributed by atoms with E-state index in [1.54, 1.807) is 24.3 Å². The standard InChI is InChI=1S/C17H16O5S/c18-9-12(23-16-4-2-1-3-13(16)17(19)20)7-11-5-6-14-15(8-11)22-10-21-14/h1-6,8,12,18H,7,9-10H2,(H,19,20). The predicted molar refractivity (Wildman–Crippen MR) is 86.4 cm³/mol. The lowest BCUT2D eigenvalue weighted by molar-refractivity contribution is 0.0693. The molecule has 120 valence electrons. The summed E-state index contributed by atoms with van der Waals surface area (Å²) in [5, 5.41) is 18.7. The van der Waals surface area contributed by atoms with Gasteiger partial charge in [0.25, 0.3) is 0 Å². The Morgan fingerprint density at radius 2 is 1.96 bits per heavy atom. The molecule has 0 saturated carbocycles. The van der Waals surface area contributed by atoms with Gasteiger partial charge < -0.3 is 19.7 Å². The van der Waals surface area contributed by atoms with Gasteiger partial charge in [0.05, 0.1) is 12.2 Å². The Kier molecular flexibility index (Phi) is 4.73. The Balaban J connectivity index is 1.75. The van der Waals surface area contributed by atoms with Crippen molar-refractivity contribution in [3.05, 3.63) is 53.6 Å². The zero-order chi connectivity index (χ0) is 16.2. The summed E-state index contributed by atoms with van der Waals surface area (Å²) < 4.78 is 10.6. The van der Waals surface area contributed by atoms with Gasteiger partial charge in [-0.3, -0.25) is 0 Å². The normalized spacial score (nSPS) is 13.8. The minimum absolute atomic E-state index is 0.0485. The average Bonchev–Trinajstić information content (AvgIpc) is 3.02. The molecule has 0 amide bonds. The summed E-state index contributed by atoms with van der Waals surface area (Å²) in [5.74, 6) is 0.459. The van der Waals surface area contributed by atoms with Crippen LogP contribution in [0.3, 0.4) is 0 Å². The molecular weight excluding hydrogens is 316 g/mol. The maximum absolute atomic E-state index is 11.3. The molecule has 2 aromatic rings. The molecular formula is C17H16O5S. The van der Waals surface area contributed by atoms with Gasteiger partial charge in [-0.15, -0.1) is 11.8 Å². The molecule has 6 heteroatoms. The third kappa shape index (κ3) is 3.60. The van der Waals surface area contributed by atoms with Crippen molar-refractivity contribution >= 4 is 17.7 Å². The second kappa shape index (κ2) is 6.93. The first-order chi connectivity index (χ1) is 11.2.